The molecule has 1 aliphatic rings. The van der Waals surface area contributed by atoms with Gasteiger partial charge in [-0.2, -0.15) is 0 Å². The van der Waals surface area contributed by atoms with Crippen molar-refractivity contribution in [2.45, 2.75) is 38.3 Å². The van der Waals surface area contributed by atoms with E-state index in [0.29, 0.717) is 10.7 Å². The normalized spacial score (nSPS) is 20.1. The molecule has 0 aliphatic carbocycles. The van der Waals surface area contributed by atoms with Crippen molar-refractivity contribution in [3.05, 3.63) is 29.3 Å². The second kappa shape index (κ2) is 6.12. The molecule has 1 saturated heterocycles. The van der Waals surface area contributed by atoms with Crippen molar-refractivity contribution >= 4 is 23.2 Å². The monoisotopic (exact) mass is 296 g/mol. The van der Waals surface area contributed by atoms with Crippen molar-refractivity contribution in [3.8, 4) is 0 Å². The number of rotatable bonds is 4. The number of halogens is 1. The summed E-state index contributed by atoms with van der Waals surface area (Å²) in [6.07, 6.45) is 1.93. The van der Waals surface area contributed by atoms with Gasteiger partial charge in [-0.15, -0.1) is 0 Å². The van der Waals surface area contributed by atoms with Crippen LogP contribution in [0.4, 0.5) is 5.69 Å². The fraction of sp³-hybridized carbons (Fsp3) is 0.533. The predicted octanol–water partition coefficient (Wildman–Crippen LogP) is 2.51. The molecule has 5 heteroatoms. The van der Waals surface area contributed by atoms with Gasteiger partial charge in [-0.25, -0.2) is 0 Å². The zero-order chi connectivity index (χ0) is 14.8. The Bertz CT molecular complexity index is 485. The van der Waals surface area contributed by atoms with E-state index < -0.39 is 5.60 Å². The summed E-state index contributed by atoms with van der Waals surface area (Å²) in [5, 5.41) is 13.5. The van der Waals surface area contributed by atoms with Gasteiger partial charge >= 0.3 is 0 Å². The molecule has 1 aromatic rings. The first-order valence-electron chi connectivity index (χ1n) is 6.89. The lowest BCUT2D eigenvalue weighted by molar-refractivity contribution is -0.118. The van der Waals surface area contributed by atoms with Crippen molar-refractivity contribution in [1.29, 1.82) is 0 Å². The van der Waals surface area contributed by atoms with Crippen LogP contribution < -0.4 is 5.32 Å². The number of amides is 1. The summed E-state index contributed by atoms with van der Waals surface area (Å²) >= 11 is 6.02. The Balaban J connectivity index is 1.96. The van der Waals surface area contributed by atoms with Crippen molar-refractivity contribution < 1.29 is 9.90 Å². The molecule has 0 aromatic heterocycles. The highest BCUT2D eigenvalue weighted by atomic mass is 35.5. The highest BCUT2D eigenvalue weighted by Gasteiger charge is 2.36. The molecule has 0 radical (unpaired) electrons. The highest BCUT2D eigenvalue weighted by molar-refractivity contribution is 6.33. The standard InChI is InChI=1S/C15H21ClN2O2/c1-15(2,20)13-8-5-9-18(13)10-14(19)17-12-7-4-3-6-11(12)16/h3-4,6-7,13,20H,5,8-10H2,1-2H3,(H,17,19). The SMILES string of the molecule is CC(C)(O)C1CCCN1CC(=O)Nc1ccccc1Cl. The molecule has 0 spiro atoms. The molecule has 1 aliphatic heterocycles. The molecule has 0 saturated carbocycles. The minimum atomic E-state index is -0.791. The van der Waals surface area contributed by atoms with E-state index in [4.69, 9.17) is 11.6 Å². The summed E-state index contributed by atoms with van der Waals surface area (Å²) < 4.78 is 0. The first-order chi connectivity index (χ1) is 9.38. The number of carbonyl (C=O) groups excluding carboxylic acids is 1. The maximum absolute atomic E-state index is 12.1. The van der Waals surface area contributed by atoms with Gasteiger partial charge in [-0.05, 0) is 45.4 Å². The highest BCUT2D eigenvalue weighted by Crippen LogP contribution is 2.26. The van der Waals surface area contributed by atoms with Crippen molar-refractivity contribution in [2.24, 2.45) is 0 Å². The third-order valence-corrected chi connectivity index (χ3v) is 4.00. The van der Waals surface area contributed by atoms with E-state index >= 15 is 0 Å². The number of benzene rings is 1. The van der Waals surface area contributed by atoms with Gasteiger partial charge in [0.25, 0.3) is 0 Å². The summed E-state index contributed by atoms with van der Waals surface area (Å²) in [7, 11) is 0. The molecule has 2 rings (SSSR count). The number of likely N-dealkylation sites (tertiary alicyclic amines) is 1. The Labute approximate surface area is 124 Å². The van der Waals surface area contributed by atoms with E-state index in [9.17, 15) is 9.90 Å². The van der Waals surface area contributed by atoms with E-state index in [1.54, 1.807) is 26.0 Å². The summed E-state index contributed by atoms with van der Waals surface area (Å²) in [6, 6.07) is 7.20. The molecule has 1 fully saturated rings. The Morgan fingerprint density at radius 2 is 2.20 bits per heavy atom. The fourth-order valence-corrected chi connectivity index (χ4v) is 2.94. The van der Waals surface area contributed by atoms with Crippen molar-refractivity contribution in [3.63, 3.8) is 0 Å². The Morgan fingerprint density at radius 1 is 1.50 bits per heavy atom. The van der Waals surface area contributed by atoms with Crippen LogP contribution in [0.1, 0.15) is 26.7 Å². The number of para-hydroxylation sites is 1. The molecular weight excluding hydrogens is 276 g/mol. The lowest BCUT2D eigenvalue weighted by Gasteiger charge is -2.33. The van der Waals surface area contributed by atoms with Gasteiger partial charge in [0, 0.05) is 6.04 Å². The summed E-state index contributed by atoms with van der Waals surface area (Å²) in [6.45, 7) is 4.70. The second-order valence-electron chi connectivity index (χ2n) is 5.81. The minimum Gasteiger partial charge on any atom is -0.389 e. The van der Waals surface area contributed by atoms with Crippen LogP contribution in [0.15, 0.2) is 24.3 Å². The van der Waals surface area contributed by atoms with Crippen LogP contribution in [-0.4, -0.2) is 40.6 Å². The van der Waals surface area contributed by atoms with Gasteiger partial charge in [0.1, 0.15) is 0 Å². The molecule has 0 bridgehead atoms. The maximum Gasteiger partial charge on any atom is 0.238 e. The van der Waals surface area contributed by atoms with Gasteiger partial charge in [-0.1, -0.05) is 23.7 Å². The number of nitrogens with one attached hydrogen (secondary N) is 1. The average molecular weight is 297 g/mol. The third kappa shape index (κ3) is 3.72. The summed E-state index contributed by atoms with van der Waals surface area (Å²) in [4.78, 5) is 14.1. The number of carbonyl (C=O) groups is 1. The van der Waals surface area contributed by atoms with Crippen LogP contribution in [0.2, 0.25) is 5.02 Å². The number of nitrogens with zero attached hydrogens (tertiary/aromatic N) is 1. The molecule has 110 valence electrons. The number of hydrogen-bond donors (Lipinski definition) is 2. The summed E-state index contributed by atoms with van der Waals surface area (Å²) in [5.74, 6) is -0.103. The fourth-order valence-electron chi connectivity index (χ4n) is 2.75. The molecule has 2 N–H and O–H groups in total. The topological polar surface area (TPSA) is 52.6 Å². The van der Waals surface area contributed by atoms with Gasteiger partial charge in [0.2, 0.25) is 5.91 Å². The van der Waals surface area contributed by atoms with Crippen LogP contribution in [-0.2, 0) is 4.79 Å². The predicted molar refractivity (Wildman–Crippen MR) is 81.0 cm³/mol. The van der Waals surface area contributed by atoms with Crippen LogP contribution in [0.5, 0.6) is 0 Å². The van der Waals surface area contributed by atoms with Gasteiger partial charge < -0.3 is 10.4 Å². The van der Waals surface area contributed by atoms with E-state index in [1.165, 1.54) is 0 Å². The van der Waals surface area contributed by atoms with Crippen LogP contribution in [0.25, 0.3) is 0 Å². The van der Waals surface area contributed by atoms with Crippen LogP contribution in [0, 0.1) is 0 Å². The number of aliphatic hydroxyl groups is 1. The molecule has 4 nitrogen and oxygen atoms in total. The van der Waals surface area contributed by atoms with Gasteiger partial charge in [0.05, 0.1) is 22.9 Å². The van der Waals surface area contributed by atoms with Gasteiger partial charge in [-0.3, -0.25) is 9.69 Å². The van der Waals surface area contributed by atoms with Crippen molar-refractivity contribution in [1.82, 2.24) is 4.90 Å². The molecule has 20 heavy (non-hydrogen) atoms. The molecule has 1 aromatic carbocycles. The maximum atomic E-state index is 12.1. The first kappa shape index (κ1) is 15.3. The van der Waals surface area contributed by atoms with Crippen LogP contribution >= 0.6 is 11.6 Å². The smallest absolute Gasteiger partial charge is 0.238 e. The minimum absolute atomic E-state index is 0.0273. The third-order valence-electron chi connectivity index (χ3n) is 3.67. The lowest BCUT2D eigenvalue weighted by atomic mass is 9.97. The Hall–Kier alpha value is -1.10. The van der Waals surface area contributed by atoms with E-state index in [1.807, 2.05) is 17.0 Å². The van der Waals surface area contributed by atoms with E-state index in [-0.39, 0.29) is 18.5 Å². The Morgan fingerprint density at radius 3 is 2.85 bits per heavy atom. The molecule has 1 amide bonds. The van der Waals surface area contributed by atoms with Crippen molar-refractivity contribution in [2.75, 3.05) is 18.4 Å². The quantitative estimate of drug-likeness (QED) is 0.898. The largest absolute Gasteiger partial charge is 0.389 e. The lowest BCUT2D eigenvalue weighted by Crippen LogP contribution is -2.48. The molecular formula is C15H21ClN2O2. The number of hydrogen-bond acceptors (Lipinski definition) is 3. The summed E-state index contributed by atoms with van der Waals surface area (Å²) in [5.41, 5.74) is -0.167. The average Bonchev–Trinajstić information content (AvgIpc) is 2.80. The van der Waals surface area contributed by atoms with E-state index in [0.717, 1.165) is 19.4 Å². The molecule has 1 unspecified atom stereocenters. The molecule has 1 heterocycles. The second-order valence-corrected chi connectivity index (χ2v) is 6.22. The van der Waals surface area contributed by atoms with E-state index in [2.05, 4.69) is 5.32 Å². The zero-order valence-electron chi connectivity index (χ0n) is 11.9. The number of anilines is 1. The van der Waals surface area contributed by atoms with Gasteiger partial charge in [0.15, 0.2) is 0 Å². The zero-order valence-corrected chi connectivity index (χ0v) is 12.7. The van der Waals surface area contributed by atoms with Crippen LogP contribution in [0.3, 0.4) is 0 Å². The first-order valence-corrected chi connectivity index (χ1v) is 7.26. The Kier molecular flexibility index (Phi) is 4.68. The molecule has 1 atom stereocenters.